The van der Waals surface area contributed by atoms with E-state index in [9.17, 15) is 0 Å². The molecular formula is C47H37NO. The van der Waals surface area contributed by atoms with Crippen molar-refractivity contribution in [2.75, 3.05) is 0 Å². The highest BCUT2D eigenvalue weighted by Crippen LogP contribution is 2.57. The summed E-state index contributed by atoms with van der Waals surface area (Å²) in [7, 11) is 0. The number of rotatable bonds is 2. The molecule has 0 N–H and O–H groups in total. The summed E-state index contributed by atoms with van der Waals surface area (Å²) < 4.78 is 9.68. The molecule has 0 spiro atoms. The molecular weight excluding hydrogens is 595 g/mol. The molecule has 49 heavy (non-hydrogen) atoms. The van der Waals surface area contributed by atoms with E-state index >= 15 is 0 Å². The summed E-state index contributed by atoms with van der Waals surface area (Å²) in [4.78, 5) is 0. The Morgan fingerprint density at radius 3 is 2.41 bits per heavy atom. The third-order valence-electron chi connectivity index (χ3n) is 12.2. The van der Waals surface area contributed by atoms with E-state index < -0.39 is 0 Å². The number of benzene rings is 4. The molecule has 5 aliphatic rings. The van der Waals surface area contributed by atoms with Crippen LogP contribution in [0.4, 0.5) is 0 Å². The van der Waals surface area contributed by atoms with Gasteiger partial charge in [-0.1, -0.05) is 123 Å². The predicted molar refractivity (Wildman–Crippen MR) is 201 cm³/mol. The average Bonchev–Trinajstić information content (AvgIpc) is 3.78. The van der Waals surface area contributed by atoms with Gasteiger partial charge in [-0.3, -0.25) is 0 Å². The van der Waals surface area contributed by atoms with Crippen LogP contribution in [0.25, 0.3) is 55.6 Å². The van der Waals surface area contributed by atoms with Crippen LogP contribution < -0.4 is 0 Å². The summed E-state index contributed by atoms with van der Waals surface area (Å²) in [5.41, 5.74) is 20.2. The number of aryl methyl sites for hydroxylation is 1. The molecule has 5 aliphatic carbocycles. The fourth-order valence-corrected chi connectivity index (χ4v) is 10.0. The third-order valence-corrected chi connectivity index (χ3v) is 12.2. The molecule has 2 unspecified atom stereocenters. The summed E-state index contributed by atoms with van der Waals surface area (Å²) in [5.74, 6) is 1.78. The lowest BCUT2D eigenvalue weighted by Gasteiger charge is -2.36. The maximum absolute atomic E-state index is 7.05. The summed E-state index contributed by atoms with van der Waals surface area (Å²) >= 11 is 0. The van der Waals surface area contributed by atoms with Crippen molar-refractivity contribution in [3.8, 4) is 39.1 Å². The summed E-state index contributed by atoms with van der Waals surface area (Å²) in [5, 5.41) is 1.24. The Balaban J connectivity index is 1.17. The topological polar surface area (TPSA) is 18.1 Å². The van der Waals surface area contributed by atoms with E-state index in [0.717, 1.165) is 37.0 Å². The van der Waals surface area contributed by atoms with Crippen LogP contribution in [0.5, 0.6) is 0 Å². The van der Waals surface area contributed by atoms with Gasteiger partial charge in [0.2, 0.25) is 0 Å². The quantitative estimate of drug-likeness (QED) is 0.186. The minimum Gasteiger partial charge on any atom is -0.460 e. The Kier molecular flexibility index (Phi) is 5.55. The number of hydrogen-bond acceptors (Lipinski definition) is 1. The molecule has 0 saturated heterocycles. The van der Waals surface area contributed by atoms with E-state index in [2.05, 4.69) is 146 Å². The third kappa shape index (κ3) is 3.62. The molecule has 2 nitrogen and oxygen atoms in total. The lowest BCUT2D eigenvalue weighted by Crippen LogP contribution is -2.22. The SMILES string of the molecule is CC1(C)c2ccccc2-c2ccc(-c3cccc4c5c(oc34)CCc3c-5c4c(n3-c3ccccc3)C3=C(C=CCC3)C3C=CC=CC43)cc21. The first-order valence-corrected chi connectivity index (χ1v) is 18.0. The fraction of sp³-hybridized carbons (Fsp3) is 0.191. The Bertz CT molecular complexity index is 2520. The number of nitrogens with zero attached hydrogens (tertiary/aromatic N) is 1. The number of furan rings is 1. The van der Waals surface area contributed by atoms with Gasteiger partial charge in [-0.05, 0) is 82.0 Å². The highest BCUT2D eigenvalue weighted by Gasteiger charge is 2.42. The van der Waals surface area contributed by atoms with Crippen LogP contribution in [0.15, 0.2) is 137 Å². The molecule has 4 aromatic carbocycles. The summed E-state index contributed by atoms with van der Waals surface area (Å²) in [6.45, 7) is 4.72. The number of para-hydroxylation sites is 2. The van der Waals surface area contributed by atoms with Crippen molar-refractivity contribution in [3.63, 3.8) is 0 Å². The van der Waals surface area contributed by atoms with E-state index in [1.165, 1.54) is 83.7 Å². The van der Waals surface area contributed by atoms with Crippen LogP contribution in [0.3, 0.4) is 0 Å². The second kappa shape index (κ2) is 9.86. The highest BCUT2D eigenvalue weighted by atomic mass is 16.3. The average molecular weight is 632 g/mol. The predicted octanol–water partition coefficient (Wildman–Crippen LogP) is 11.9. The van der Waals surface area contributed by atoms with Crippen LogP contribution in [0.1, 0.15) is 66.4 Å². The van der Waals surface area contributed by atoms with Gasteiger partial charge in [0.25, 0.3) is 0 Å². The van der Waals surface area contributed by atoms with Gasteiger partial charge in [0.05, 0.1) is 5.69 Å². The molecule has 236 valence electrons. The minimum absolute atomic E-state index is 0.0487. The van der Waals surface area contributed by atoms with E-state index in [0.29, 0.717) is 11.8 Å². The molecule has 0 fully saturated rings. The standard InChI is InChI=1S/C47H37NO/c1-47(2)38-22-11-10-17-33(38)34-24-23-28(27-39(34)47)30-20-12-21-37-42-41(49-46(30)37)26-25-40-44(42)43-35-18-8-6-15-31(35)32-16-7-9-19-36(32)45(43)48(40)29-13-4-3-5-14-29/h3-8,10-18,20-24,27,31,35H,9,19,25-26H2,1-2H3. The van der Waals surface area contributed by atoms with Crippen molar-refractivity contribution in [1.29, 1.82) is 0 Å². The zero-order valence-electron chi connectivity index (χ0n) is 28.0. The van der Waals surface area contributed by atoms with E-state index in [4.69, 9.17) is 4.42 Å². The van der Waals surface area contributed by atoms with Crippen LogP contribution >= 0.6 is 0 Å². The number of allylic oxidation sites excluding steroid dienone is 8. The first-order chi connectivity index (χ1) is 24.1. The molecule has 2 atom stereocenters. The first-order valence-electron chi connectivity index (χ1n) is 18.0. The van der Waals surface area contributed by atoms with E-state index in [1.807, 2.05) is 0 Å². The van der Waals surface area contributed by atoms with Crippen molar-refractivity contribution in [3.05, 3.63) is 167 Å². The highest BCUT2D eigenvalue weighted by molar-refractivity contribution is 6.06. The zero-order chi connectivity index (χ0) is 32.4. The fourth-order valence-electron chi connectivity index (χ4n) is 10.0. The second-order valence-corrected chi connectivity index (χ2v) is 15.0. The molecule has 2 heteroatoms. The lowest BCUT2D eigenvalue weighted by atomic mass is 9.68. The molecule has 11 rings (SSSR count). The van der Waals surface area contributed by atoms with E-state index in [-0.39, 0.29) is 5.41 Å². The van der Waals surface area contributed by atoms with Crippen molar-refractivity contribution >= 4 is 16.5 Å². The largest absolute Gasteiger partial charge is 0.460 e. The van der Waals surface area contributed by atoms with Gasteiger partial charge >= 0.3 is 0 Å². The zero-order valence-corrected chi connectivity index (χ0v) is 28.0. The summed E-state index contributed by atoms with van der Waals surface area (Å²) in [6, 6.07) is 33.9. The molecule has 0 saturated carbocycles. The van der Waals surface area contributed by atoms with Crippen LogP contribution in [-0.4, -0.2) is 4.57 Å². The van der Waals surface area contributed by atoms with Crippen LogP contribution in [0, 0.1) is 5.92 Å². The normalized spacial score (nSPS) is 20.4. The first kappa shape index (κ1) is 27.6. The second-order valence-electron chi connectivity index (χ2n) is 15.0. The maximum Gasteiger partial charge on any atom is 0.142 e. The molecule has 0 amide bonds. The Morgan fingerprint density at radius 2 is 1.51 bits per heavy atom. The Hall–Kier alpha value is -5.34. The smallest absolute Gasteiger partial charge is 0.142 e. The number of aromatic nitrogens is 1. The number of fused-ring (bicyclic) bond motifs is 14. The molecule has 0 radical (unpaired) electrons. The van der Waals surface area contributed by atoms with Gasteiger partial charge in [0.1, 0.15) is 11.3 Å². The molecule has 0 aliphatic heterocycles. The minimum atomic E-state index is -0.0487. The van der Waals surface area contributed by atoms with Crippen molar-refractivity contribution in [2.24, 2.45) is 5.92 Å². The summed E-state index contributed by atoms with van der Waals surface area (Å²) in [6.07, 6.45) is 18.2. The van der Waals surface area contributed by atoms with Crippen molar-refractivity contribution < 1.29 is 4.42 Å². The lowest BCUT2D eigenvalue weighted by molar-refractivity contribution is 0.544. The van der Waals surface area contributed by atoms with Gasteiger partial charge in [-0.15, -0.1) is 0 Å². The van der Waals surface area contributed by atoms with Crippen LogP contribution in [0.2, 0.25) is 0 Å². The Morgan fingerprint density at radius 1 is 0.714 bits per heavy atom. The van der Waals surface area contributed by atoms with Gasteiger partial charge in [-0.2, -0.15) is 0 Å². The van der Waals surface area contributed by atoms with Gasteiger partial charge in [0, 0.05) is 57.1 Å². The van der Waals surface area contributed by atoms with Gasteiger partial charge < -0.3 is 8.98 Å². The monoisotopic (exact) mass is 631 g/mol. The maximum atomic E-state index is 7.05. The van der Waals surface area contributed by atoms with Crippen molar-refractivity contribution in [2.45, 2.75) is 50.9 Å². The van der Waals surface area contributed by atoms with Gasteiger partial charge in [0.15, 0.2) is 0 Å². The van der Waals surface area contributed by atoms with E-state index in [1.54, 1.807) is 0 Å². The van der Waals surface area contributed by atoms with Gasteiger partial charge in [-0.25, -0.2) is 0 Å². The Labute approximate surface area is 287 Å². The molecule has 2 heterocycles. The molecule has 2 aromatic heterocycles. The molecule has 6 aromatic rings. The van der Waals surface area contributed by atoms with Crippen LogP contribution in [-0.2, 0) is 18.3 Å². The molecule has 0 bridgehead atoms. The van der Waals surface area contributed by atoms with Crippen molar-refractivity contribution in [1.82, 2.24) is 4.57 Å². The number of hydrogen-bond donors (Lipinski definition) is 0.